The number of ether oxygens (including phenoxy) is 1. The maximum absolute atomic E-state index is 11.8. The summed E-state index contributed by atoms with van der Waals surface area (Å²) < 4.78 is 6.82. The van der Waals surface area contributed by atoms with Gasteiger partial charge in [-0.15, -0.1) is 10.2 Å². The average molecular weight is 322 g/mol. The molecule has 2 atom stereocenters. The number of aromatic nitrogens is 3. The zero-order valence-electron chi connectivity index (χ0n) is 14.5. The molecule has 2 heterocycles. The molecule has 0 bridgehead atoms. The van der Waals surface area contributed by atoms with E-state index in [-0.39, 0.29) is 17.8 Å². The van der Waals surface area contributed by atoms with Crippen LogP contribution < -0.4 is 5.32 Å². The molecule has 1 aliphatic heterocycles. The van der Waals surface area contributed by atoms with Gasteiger partial charge >= 0.3 is 5.97 Å². The largest absolute Gasteiger partial charge is 0.469 e. The van der Waals surface area contributed by atoms with Crippen LogP contribution in [0, 0.1) is 18.8 Å². The highest BCUT2D eigenvalue weighted by Gasteiger charge is 2.36. The Hall–Kier alpha value is -2.12. The lowest BCUT2D eigenvalue weighted by atomic mass is 9.99. The van der Waals surface area contributed by atoms with E-state index in [2.05, 4.69) is 32.3 Å². The fourth-order valence-corrected chi connectivity index (χ4v) is 2.76. The maximum atomic E-state index is 11.8. The van der Waals surface area contributed by atoms with Gasteiger partial charge in [0.1, 0.15) is 12.4 Å². The quantitative estimate of drug-likeness (QED) is 0.488. The molecule has 8 heteroatoms. The lowest BCUT2D eigenvalue weighted by molar-refractivity contribution is -0.145. The van der Waals surface area contributed by atoms with Crippen molar-refractivity contribution in [2.24, 2.45) is 23.9 Å². The Labute approximate surface area is 136 Å². The van der Waals surface area contributed by atoms with E-state index < -0.39 is 0 Å². The molecule has 0 aromatic carbocycles. The van der Waals surface area contributed by atoms with Crippen LogP contribution in [0.15, 0.2) is 4.99 Å². The number of nitrogens with one attached hydrogen (secondary N) is 1. The van der Waals surface area contributed by atoms with Gasteiger partial charge in [-0.3, -0.25) is 4.79 Å². The van der Waals surface area contributed by atoms with E-state index in [4.69, 9.17) is 4.74 Å². The monoisotopic (exact) mass is 322 g/mol. The highest BCUT2D eigenvalue weighted by atomic mass is 16.5. The van der Waals surface area contributed by atoms with Crippen molar-refractivity contribution >= 4 is 11.9 Å². The highest BCUT2D eigenvalue weighted by Crippen LogP contribution is 2.24. The fraction of sp³-hybridized carbons (Fsp3) is 0.733. The summed E-state index contributed by atoms with van der Waals surface area (Å²) in [6, 6.07) is 0. The number of guanidine groups is 1. The van der Waals surface area contributed by atoms with Crippen LogP contribution in [0.1, 0.15) is 25.5 Å². The van der Waals surface area contributed by atoms with Crippen LogP contribution in [0.5, 0.6) is 0 Å². The summed E-state index contributed by atoms with van der Waals surface area (Å²) in [5.41, 5.74) is 0. The van der Waals surface area contributed by atoms with Crippen LogP contribution in [0.25, 0.3) is 0 Å². The molecule has 0 radical (unpaired) electrons. The van der Waals surface area contributed by atoms with E-state index in [1.54, 1.807) is 0 Å². The van der Waals surface area contributed by atoms with Crippen molar-refractivity contribution in [2.75, 3.05) is 26.7 Å². The topological polar surface area (TPSA) is 84.6 Å². The molecule has 23 heavy (non-hydrogen) atoms. The Kier molecular flexibility index (Phi) is 5.57. The molecule has 1 N–H and O–H groups in total. The third-order valence-electron chi connectivity index (χ3n) is 4.30. The number of carbonyl (C=O) groups is 1. The second kappa shape index (κ2) is 7.43. The van der Waals surface area contributed by atoms with Gasteiger partial charge in [0, 0.05) is 26.7 Å². The first-order valence-electron chi connectivity index (χ1n) is 7.93. The van der Waals surface area contributed by atoms with E-state index in [0.29, 0.717) is 13.1 Å². The minimum atomic E-state index is -0.153. The Bertz CT molecular complexity index is 583. The van der Waals surface area contributed by atoms with Crippen molar-refractivity contribution in [3.05, 3.63) is 11.6 Å². The van der Waals surface area contributed by atoms with Gasteiger partial charge < -0.3 is 19.5 Å². The van der Waals surface area contributed by atoms with E-state index in [1.165, 1.54) is 7.11 Å². The number of aryl methyl sites for hydroxylation is 1. The smallest absolute Gasteiger partial charge is 0.310 e. The van der Waals surface area contributed by atoms with Crippen molar-refractivity contribution in [3.63, 3.8) is 0 Å². The molecule has 128 valence electrons. The zero-order valence-corrected chi connectivity index (χ0v) is 14.5. The van der Waals surface area contributed by atoms with Gasteiger partial charge in [0.15, 0.2) is 11.8 Å². The molecule has 8 nitrogen and oxygen atoms in total. The summed E-state index contributed by atoms with van der Waals surface area (Å²) in [6.07, 6.45) is 0. The number of likely N-dealkylation sites (tertiary alicyclic amines) is 1. The lowest BCUT2D eigenvalue weighted by Gasteiger charge is -2.21. The van der Waals surface area contributed by atoms with Crippen LogP contribution in [0.2, 0.25) is 0 Å². The molecule has 1 fully saturated rings. The predicted octanol–water partition coefficient (Wildman–Crippen LogP) is 0.330. The number of hydrogen-bond acceptors (Lipinski definition) is 5. The van der Waals surface area contributed by atoms with Crippen molar-refractivity contribution in [1.82, 2.24) is 25.0 Å². The van der Waals surface area contributed by atoms with Crippen LogP contribution in [-0.2, 0) is 23.1 Å². The normalized spacial score (nSPS) is 21.6. The first-order valence-corrected chi connectivity index (χ1v) is 7.93. The molecule has 0 saturated carbocycles. The van der Waals surface area contributed by atoms with Crippen LogP contribution in [0.4, 0.5) is 0 Å². The molecule has 1 aliphatic rings. The first kappa shape index (κ1) is 17.2. The Morgan fingerprint density at radius 2 is 2.17 bits per heavy atom. The molecule has 1 aromatic rings. The van der Waals surface area contributed by atoms with E-state index in [9.17, 15) is 4.79 Å². The standard InChI is InChI=1S/C15H26N6O2/c1-6-16-15(17-7-13-19-18-11(3)20(13)4)21-8-10(2)12(9-21)14(22)23-5/h10,12H,6-9H2,1-5H3,(H,16,17). The summed E-state index contributed by atoms with van der Waals surface area (Å²) in [7, 11) is 3.37. The molecule has 1 aromatic heterocycles. The molecule has 1 saturated heterocycles. The fourth-order valence-electron chi connectivity index (χ4n) is 2.76. The lowest BCUT2D eigenvalue weighted by Crippen LogP contribution is -2.40. The number of rotatable bonds is 4. The molecule has 0 amide bonds. The first-order chi connectivity index (χ1) is 11.0. The van der Waals surface area contributed by atoms with Gasteiger partial charge in [-0.1, -0.05) is 6.92 Å². The van der Waals surface area contributed by atoms with Gasteiger partial charge in [0.25, 0.3) is 0 Å². The average Bonchev–Trinajstić information content (AvgIpc) is 3.07. The van der Waals surface area contributed by atoms with Crippen molar-refractivity contribution in [3.8, 4) is 0 Å². The number of aliphatic imine (C=N–C) groups is 1. The second-order valence-electron chi connectivity index (χ2n) is 5.90. The highest BCUT2D eigenvalue weighted by molar-refractivity contribution is 5.82. The Morgan fingerprint density at radius 1 is 1.43 bits per heavy atom. The van der Waals surface area contributed by atoms with E-state index in [0.717, 1.165) is 30.7 Å². The predicted molar refractivity (Wildman–Crippen MR) is 86.8 cm³/mol. The van der Waals surface area contributed by atoms with Gasteiger partial charge in [-0.2, -0.15) is 0 Å². The summed E-state index contributed by atoms with van der Waals surface area (Å²) >= 11 is 0. The number of nitrogens with zero attached hydrogens (tertiary/aromatic N) is 5. The number of methoxy groups -OCH3 is 1. The van der Waals surface area contributed by atoms with E-state index in [1.807, 2.05) is 25.5 Å². The Morgan fingerprint density at radius 3 is 2.74 bits per heavy atom. The molecule has 2 unspecified atom stereocenters. The zero-order chi connectivity index (χ0) is 17.0. The van der Waals surface area contributed by atoms with Crippen LogP contribution >= 0.6 is 0 Å². The molecular weight excluding hydrogens is 296 g/mol. The minimum Gasteiger partial charge on any atom is -0.469 e. The summed E-state index contributed by atoms with van der Waals surface area (Å²) in [6.45, 7) is 8.63. The van der Waals surface area contributed by atoms with Gasteiger partial charge in [0.2, 0.25) is 0 Å². The van der Waals surface area contributed by atoms with Crippen molar-refractivity contribution < 1.29 is 9.53 Å². The minimum absolute atomic E-state index is 0.110. The van der Waals surface area contributed by atoms with Gasteiger partial charge in [0.05, 0.1) is 13.0 Å². The molecule has 2 rings (SSSR count). The van der Waals surface area contributed by atoms with Gasteiger partial charge in [-0.05, 0) is 19.8 Å². The summed E-state index contributed by atoms with van der Waals surface area (Å²) in [4.78, 5) is 18.6. The number of carbonyl (C=O) groups excluding carboxylic acids is 1. The molecule has 0 spiro atoms. The van der Waals surface area contributed by atoms with Crippen molar-refractivity contribution in [2.45, 2.75) is 27.3 Å². The molecular formula is C15H26N6O2. The SMILES string of the molecule is CCNC(=NCc1nnc(C)n1C)N1CC(C)C(C(=O)OC)C1. The maximum Gasteiger partial charge on any atom is 0.310 e. The number of esters is 1. The summed E-state index contributed by atoms with van der Waals surface area (Å²) in [5.74, 6) is 2.45. The number of hydrogen-bond donors (Lipinski definition) is 1. The molecule has 0 aliphatic carbocycles. The van der Waals surface area contributed by atoms with Gasteiger partial charge in [-0.25, -0.2) is 4.99 Å². The second-order valence-corrected chi connectivity index (χ2v) is 5.90. The van der Waals surface area contributed by atoms with Crippen LogP contribution in [0.3, 0.4) is 0 Å². The van der Waals surface area contributed by atoms with Crippen LogP contribution in [-0.4, -0.2) is 58.3 Å². The third kappa shape index (κ3) is 3.80. The Balaban J connectivity index is 2.10. The van der Waals surface area contributed by atoms with Crippen molar-refractivity contribution in [1.29, 1.82) is 0 Å². The summed E-state index contributed by atoms with van der Waals surface area (Å²) in [5, 5.41) is 11.5. The van der Waals surface area contributed by atoms with E-state index >= 15 is 0 Å². The third-order valence-corrected chi connectivity index (χ3v) is 4.30.